The van der Waals surface area contributed by atoms with Gasteiger partial charge in [0.25, 0.3) is 0 Å². The van der Waals surface area contributed by atoms with Crippen molar-refractivity contribution in [1.29, 1.82) is 0 Å². The fourth-order valence-electron chi connectivity index (χ4n) is 2.73. The molecule has 2 heterocycles. The normalized spacial score (nSPS) is 15.1. The number of furan rings is 1. The van der Waals surface area contributed by atoms with Gasteiger partial charge in [0.2, 0.25) is 5.90 Å². The first-order chi connectivity index (χ1) is 13.0. The van der Waals surface area contributed by atoms with Gasteiger partial charge in [-0.05, 0) is 48.9 Å². The molecule has 1 aliphatic heterocycles. The quantitative estimate of drug-likeness (QED) is 0.407. The van der Waals surface area contributed by atoms with Crippen LogP contribution in [0.1, 0.15) is 16.9 Å². The second kappa shape index (κ2) is 7.06. The van der Waals surface area contributed by atoms with Gasteiger partial charge in [-0.3, -0.25) is 0 Å². The van der Waals surface area contributed by atoms with Gasteiger partial charge in [0.05, 0.1) is 5.02 Å². The minimum atomic E-state index is -0.521. The van der Waals surface area contributed by atoms with Crippen LogP contribution in [0, 0.1) is 6.92 Å². The van der Waals surface area contributed by atoms with Gasteiger partial charge >= 0.3 is 5.97 Å². The molecule has 0 bridgehead atoms. The molecule has 0 atom stereocenters. The van der Waals surface area contributed by atoms with E-state index < -0.39 is 5.97 Å². The molecular weight excluding hydrogens is 385 g/mol. The van der Waals surface area contributed by atoms with Crippen molar-refractivity contribution in [3.8, 4) is 11.3 Å². The van der Waals surface area contributed by atoms with E-state index in [0.29, 0.717) is 27.1 Å². The van der Waals surface area contributed by atoms with Crippen LogP contribution in [0.4, 0.5) is 0 Å². The van der Waals surface area contributed by atoms with Gasteiger partial charge in [-0.1, -0.05) is 41.4 Å². The Labute approximate surface area is 165 Å². The number of aliphatic imine (C=N–C) groups is 1. The van der Waals surface area contributed by atoms with E-state index in [1.54, 1.807) is 30.3 Å². The van der Waals surface area contributed by atoms with Crippen molar-refractivity contribution in [1.82, 2.24) is 0 Å². The smallest absolute Gasteiger partial charge is 0.363 e. The average Bonchev–Trinajstić information content (AvgIpc) is 3.25. The second-order valence-electron chi connectivity index (χ2n) is 5.98. The lowest BCUT2D eigenvalue weighted by molar-refractivity contribution is -0.129. The predicted molar refractivity (Wildman–Crippen MR) is 106 cm³/mol. The number of hydrogen-bond donors (Lipinski definition) is 0. The number of carbonyl (C=O) groups is 1. The minimum Gasteiger partial charge on any atom is -0.457 e. The lowest BCUT2D eigenvalue weighted by Gasteiger charge is -2.02. The molecule has 0 aliphatic carbocycles. The van der Waals surface area contributed by atoms with Crippen LogP contribution in [0.3, 0.4) is 0 Å². The van der Waals surface area contributed by atoms with Gasteiger partial charge in [0.15, 0.2) is 5.70 Å². The molecule has 0 radical (unpaired) electrons. The minimum absolute atomic E-state index is 0.173. The summed E-state index contributed by atoms with van der Waals surface area (Å²) < 4.78 is 11.1. The summed E-state index contributed by atoms with van der Waals surface area (Å²) >= 11 is 12.2. The Morgan fingerprint density at radius 2 is 1.81 bits per heavy atom. The predicted octanol–water partition coefficient (Wildman–Crippen LogP) is 5.91. The van der Waals surface area contributed by atoms with Crippen molar-refractivity contribution in [3.05, 3.63) is 87.2 Å². The molecule has 0 amide bonds. The number of aryl methyl sites for hydroxylation is 1. The van der Waals surface area contributed by atoms with Gasteiger partial charge in [0, 0.05) is 22.2 Å². The number of cyclic esters (lactones) is 1. The summed E-state index contributed by atoms with van der Waals surface area (Å²) in [4.78, 5) is 16.5. The van der Waals surface area contributed by atoms with Crippen LogP contribution >= 0.6 is 23.2 Å². The molecule has 1 aliphatic rings. The monoisotopic (exact) mass is 397 g/mol. The van der Waals surface area contributed by atoms with Crippen molar-refractivity contribution in [2.75, 3.05) is 0 Å². The largest absolute Gasteiger partial charge is 0.457 e. The highest BCUT2D eigenvalue weighted by Gasteiger charge is 2.25. The molecule has 0 N–H and O–H groups in total. The summed E-state index contributed by atoms with van der Waals surface area (Å²) in [6.07, 6.45) is 1.54. The van der Waals surface area contributed by atoms with Crippen molar-refractivity contribution in [3.63, 3.8) is 0 Å². The first-order valence-electron chi connectivity index (χ1n) is 8.15. The number of ether oxygens (including phenoxy) is 1. The van der Waals surface area contributed by atoms with Gasteiger partial charge in [-0.15, -0.1) is 0 Å². The maximum absolute atomic E-state index is 12.2. The third-order valence-electron chi connectivity index (χ3n) is 4.10. The van der Waals surface area contributed by atoms with Crippen LogP contribution in [0.2, 0.25) is 10.0 Å². The van der Waals surface area contributed by atoms with E-state index in [1.165, 1.54) is 6.08 Å². The maximum Gasteiger partial charge on any atom is 0.363 e. The number of esters is 1. The lowest BCUT2D eigenvalue weighted by Crippen LogP contribution is -2.06. The molecule has 2 aromatic carbocycles. The molecule has 134 valence electrons. The number of rotatable bonds is 3. The molecule has 6 heteroatoms. The molecule has 27 heavy (non-hydrogen) atoms. The molecule has 0 spiro atoms. The van der Waals surface area contributed by atoms with Crippen molar-refractivity contribution in [2.45, 2.75) is 6.92 Å². The van der Waals surface area contributed by atoms with E-state index in [-0.39, 0.29) is 11.6 Å². The Kier molecular flexibility index (Phi) is 4.60. The first kappa shape index (κ1) is 17.6. The van der Waals surface area contributed by atoms with Gasteiger partial charge in [-0.2, -0.15) is 0 Å². The zero-order valence-electron chi connectivity index (χ0n) is 14.2. The molecule has 3 aromatic rings. The third-order valence-corrected chi connectivity index (χ3v) is 4.66. The van der Waals surface area contributed by atoms with E-state index in [9.17, 15) is 4.79 Å². The van der Waals surface area contributed by atoms with E-state index >= 15 is 0 Å². The Morgan fingerprint density at radius 1 is 1.00 bits per heavy atom. The van der Waals surface area contributed by atoms with E-state index in [2.05, 4.69) is 4.99 Å². The van der Waals surface area contributed by atoms with Gasteiger partial charge in [-0.25, -0.2) is 9.79 Å². The van der Waals surface area contributed by atoms with Crippen LogP contribution in [0.25, 0.3) is 17.4 Å². The summed E-state index contributed by atoms with van der Waals surface area (Å²) in [5, 5.41) is 1.07. The SMILES string of the molecule is Cc1ccccc1C1=N/C(=C\c2ccc(-c3cc(Cl)ccc3Cl)o2)C(=O)O1. The molecule has 0 saturated carbocycles. The van der Waals surface area contributed by atoms with Crippen LogP contribution in [-0.4, -0.2) is 11.9 Å². The fourth-order valence-corrected chi connectivity index (χ4v) is 3.12. The molecule has 0 saturated heterocycles. The molecule has 0 fully saturated rings. The highest BCUT2D eigenvalue weighted by atomic mass is 35.5. The maximum atomic E-state index is 12.2. The van der Waals surface area contributed by atoms with E-state index in [4.69, 9.17) is 32.4 Å². The standard InChI is InChI=1S/C21H13Cl2NO3/c1-12-4-2-3-5-15(12)20-24-18(21(25)27-20)11-14-7-9-19(26-14)16-10-13(22)6-8-17(16)23/h2-11H,1H3/b18-11-. The zero-order chi connectivity index (χ0) is 19.0. The van der Waals surface area contributed by atoms with Gasteiger partial charge < -0.3 is 9.15 Å². The Hall–Kier alpha value is -2.82. The first-order valence-corrected chi connectivity index (χ1v) is 8.91. The molecule has 1 aromatic heterocycles. The Bertz CT molecular complexity index is 1110. The summed E-state index contributed by atoms with van der Waals surface area (Å²) in [5.41, 5.74) is 2.60. The highest BCUT2D eigenvalue weighted by molar-refractivity contribution is 6.35. The van der Waals surface area contributed by atoms with E-state index in [0.717, 1.165) is 11.1 Å². The second-order valence-corrected chi connectivity index (χ2v) is 6.82. The highest BCUT2D eigenvalue weighted by Crippen LogP contribution is 2.32. The summed E-state index contributed by atoms with van der Waals surface area (Å²) in [6.45, 7) is 1.93. The Morgan fingerprint density at radius 3 is 2.63 bits per heavy atom. The zero-order valence-corrected chi connectivity index (χ0v) is 15.7. The fraction of sp³-hybridized carbons (Fsp3) is 0.0476. The van der Waals surface area contributed by atoms with Crippen molar-refractivity contribution < 1.29 is 13.9 Å². The number of halogens is 2. The molecule has 4 nitrogen and oxygen atoms in total. The van der Waals surface area contributed by atoms with Crippen molar-refractivity contribution >= 4 is 41.1 Å². The van der Waals surface area contributed by atoms with E-state index in [1.807, 2.05) is 31.2 Å². The third kappa shape index (κ3) is 3.54. The average molecular weight is 398 g/mol. The van der Waals surface area contributed by atoms with Crippen LogP contribution in [0.15, 0.2) is 69.7 Å². The molecular formula is C21H13Cl2NO3. The molecule has 4 rings (SSSR count). The number of carbonyl (C=O) groups excluding carboxylic acids is 1. The summed E-state index contributed by atoms with van der Waals surface area (Å²) in [7, 11) is 0. The van der Waals surface area contributed by atoms with Crippen LogP contribution < -0.4 is 0 Å². The Balaban J connectivity index is 1.66. The topological polar surface area (TPSA) is 51.8 Å². The number of benzene rings is 2. The van der Waals surface area contributed by atoms with Gasteiger partial charge in [0.1, 0.15) is 11.5 Å². The number of nitrogens with zero attached hydrogens (tertiary/aromatic N) is 1. The van der Waals surface area contributed by atoms with Crippen LogP contribution in [0.5, 0.6) is 0 Å². The van der Waals surface area contributed by atoms with Crippen LogP contribution in [-0.2, 0) is 9.53 Å². The summed E-state index contributed by atoms with van der Waals surface area (Å²) in [5.74, 6) is 0.771. The number of hydrogen-bond acceptors (Lipinski definition) is 4. The summed E-state index contributed by atoms with van der Waals surface area (Å²) in [6, 6.07) is 16.2. The van der Waals surface area contributed by atoms with Crippen molar-refractivity contribution in [2.24, 2.45) is 4.99 Å². The lowest BCUT2D eigenvalue weighted by atomic mass is 10.1. The molecule has 0 unspecified atom stereocenters.